The van der Waals surface area contributed by atoms with E-state index in [1.54, 1.807) is 49.5 Å². The summed E-state index contributed by atoms with van der Waals surface area (Å²) in [5.74, 6) is -0.872. The zero-order valence-electron chi connectivity index (χ0n) is 14.9. The number of hydrogen-bond donors (Lipinski definition) is 2. The number of nitrogens with one attached hydrogen (secondary N) is 2. The first-order valence-corrected chi connectivity index (χ1v) is 8.32. The monoisotopic (exact) mass is 376 g/mol. The highest BCUT2D eigenvalue weighted by Crippen LogP contribution is 2.21. The van der Waals surface area contributed by atoms with Crippen LogP contribution in [0, 0.1) is 17.0 Å². The van der Waals surface area contributed by atoms with Gasteiger partial charge >= 0.3 is 0 Å². The second kappa shape index (κ2) is 8.09. The largest absolute Gasteiger partial charge is 0.321 e. The number of pyridine rings is 1. The lowest BCUT2D eigenvalue weighted by Crippen LogP contribution is -2.18. The van der Waals surface area contributed by atoms with Crippen molar-refractivity contribution in [1.29, 1.82) is 0 Å². The van der Waals surface area contributed by atoms with Crippen molar-refractivity contribution in [3.05, 3.63) is 93.8 Å². The van der Waals surface area contributed by atoms with Gasteiger partial charge < -0.3 is 10.6 Å². The van der Waals surface area contributed by atoms with Crippen LogP contribution >= 0.6 is 0 Å². The molecule has 3 rings (SSSR count). The number of amides is 2. The predicted octanol–water partition coefficient (Wildman–Crippen LogP) is 3.80. The van der Waals surface area contributed by atoms with E-state index in [0.29, 0.717) is 16.9 Å². The molecule has 0 radical (unpaired) electrons. The van der Waals surface area contributed by atoms with E-state index >= 15 is 0 Å². The summed E-state index contributed by atoms with van der Waals surface area (Å²) in [7, 11) is 0. The van der Waals surface area contributed by atoms with E-state index in [-0.39, 0.29) is 16.8 Å². The Kier molecular flexibility index (Phi) is 5.40. The third kappa shape index (κ3) is 4.18. The van der Waals surface area contributed by atoms with Crippen LogP contribution in [-0.2, 0) is 0 Å². The number of aryl methyl sites for hydroxylation is 1. The molecule has 140 valence electrons. The summed E-state index contributed by atoms with van der Waals surface area (Å²) in [6, 6.07) is 14.1. The molecule has 0 aliphatic carbocycles. The smallest absolute Gasteiger partial charge is 0.272 e. The van der Waals surface area contributed by atoms with E-state index in [0.717, 1.165) is 0 Å². The second-order valence-corrected chi connectivity index (χ2v) is 5.95. The highest BCUT2D eigenvalue weighted by Gasteiger charge is 2.17. The molecule has 0 saturated heterocycles. The maximum atomic E-state index is 12.6. The quantitative estimate of drug-likeness (QED) is 0.519. The molecule has 3 aromatic rings. The minimum Gasteiger partial charge on any atom is -0.321 e. The Balaban J connectivity index is 1.81. The molecule has 0 spiro atoms. The molecule has 28 heavy (non-hydrogen) atoms. The zero-order valence-corrected chi connectivity index (χ0v) is 14.9. The summed E-state index contributed by atoms with van der Waals surface area (Å²) in [4.78, 5) is 39.5. The number of nitro benzene ring substituents is 1. The van der Waals surface area contributed by atoms with Crippen molar-refractivity contribution in [3.63, 3.8) is 0 Å². The molecule has 0 fully saturated rings. The summed E-state index contributed by atoms with van der Waals surface area (Å²) in [6.07, 6.45) is 3.11. The molecular weight excluding hydrogens is 360 g/mol. The second-order valence-electron chi connectivity index (χ2n) is 5.95. The summed E-state index contributed by atoms with van der Waals surface area (Å²) in [6.45, 7) is 1.56. The Morgan fingerprint density at radius 2 is 1.79 bits per heavy atom. The van der Waals surface area contributed by atoms with Crippen LogP contribution in [0.15, 0.2) is 67.0 Å². The molecule has 0 atom stereocenters. The average molecular weight is 376 g/mol. The Bertz CT molecular complexity index is 1050. The number of aromatic nitrogens is 1. The molecule has 0 unspecified atom stereocenters. The van der Waals surface area contributed by atoms with Gasteiger partial charge in [0.25, 0.3) is 17.5 Å². The standard InChI is InChI=1S/C20H16N4O4/c1-13-11-14(8-9-18(13)24(27)28)19(25)23-17-7-3-2-6-16(17)20(26)22-15-5-4-10-21-12-15/h2-12H,1H3,(H,22,26)(H,23,25). The molecule has 2 N–H and O–H groups in total. The summed E-state index contributed by atoms with van der Waals surface area (Å²) in [5.41, 5.74) is 1.70. The summed E-state index contributed by atoms with van der Waals surface area (Å²) < 4.78 is 0. The van der Waals surface area contributed by atoms with E-state index in [4.69, 9.17) is 0 Å². The van der Waals surface area contributed by atoms with Crippen LogP contribution in [0.3, 0.4) is 0 Å². The van der Waals surface area contributed by atoms with Gasteiger partial charge in [0.2, 0.25) is 0 Å². The van der Waals surface area contributed by atoms with E-state index in [2.05, 4.69) is 15.6 Å². The number of hydrogen-bond acceptors (Lipinski definition) is 5. The molecule has 8 nitrogen and oxygen atoms in total. The number of nitrogens with zero attached hydrogens (tertiary/aromatic N) is 2. The molecule has 8 heteroatoms. The van der Waals surface area contributed by atoms with E-state index < -0.39 is 16.7 Å². The van der Waals surface area contributed by atoms with Gasteiger partial charge in [-0.15, -0.1) is 0 Å². The molecule has 0 aliphatic rings. The van der Waals surface area contributed by atoms with Crippen LogP contribution in [0.1, 0.15) is 26.3 Å². The van der Waals surface area contributed by atoms with Gasteiger partial charge in [-0.2, -0.15) is 0 Å². The van der Waals surface area contributed by atoms with Gasteiger partial charge in [0.1, 0.15) is 0 Å². The molecule has 2 amide bonds. The zero-order chi connectivity index (χ0) is 20.1. The van der Waals surface area contributed by atoms with Gasteiger partial charge in [0.15, 0.2) is 0 Å². The molecule has 0 bridgehead atoms. The lowest BCUT2D eigenvalue weighted by atomic mass is 10.1. The fraction of sp³-hybridized carbons (Fsp3) is 0.0500. The summed E-state index contributed by atoms with van der Waals surface area (Å²) >= 11 is 0. The number of para-hydroxylation sites is 1. The minimum atomic E-state index is -0.505. The molecule has 0 aliphatic heterocycles. The van der Waals surface area contributed by atoms with Gasteiger partial charge in [0, 0.05) is 23.4 Å². The number of benzene rings is 2. The van der Waals surface area contributed by atoms with Crippen molar-refractivity contribution >= 4 is 28.9 Å². The van der Waals surface area contributed by atoms with E-state index in [1.165, 1.54) is 24.4 Å². The maximum absolute atomic E-state index is 12.6. The molecule has 0 saturated carbocycles. The van der Waals surface area contributed by atoms with Crippen LogP contribution in [0.5, 0.6) is 0 Å². The first-order chi connectivity index (χ1) is 13.5. The average Bonchev–Trinajstić information content (AvgIpc) is 2.68. The SMILES string of the molecule is Cc1cc(C(=O)Nc2ccccc2C(=O)Nc2cccnc2)ccc1[N+](=O)[O-]. The lowest BCUT2D eigenvalue weighted by molar-refractivity contribution is -0.385. The van der Waals surface area contributed by atoms with Gasteiger partial charge in [-0.05, 0) is 43.3 Å². The number of carbonyl (C=O) groups is 2. The normalized spacial score (nSPS) is 10.2. The molecule has 1 aromatic heterocycles. The van der Waals surface area contributed by atoms with Gasteiger partial charge in [-0.25, -0.2) is 0 Å². The fourth-order valence-corrected chi connectivity index (χ4v) is 2.62. The Morgan fingerprint density at radius 1 is 1.00 bits per heavy atom. The van der Waals surface area contributed by atoms with Crippen molar-refractivity contribution in [2.45, 2.75) is 6.92 Å². The minimum absolute atomic E-state index is 0.0622. The van der Waals surface area contributed by atoms with E-state index in [1.807, 2.05) is 0 Å². The Hall–Kier alpha value is -4.07. The van der Waals surface area contributed by atoms with Crippen LogP contribution in [0.2, 0.25) is 0 Å². The van der Waals surface area contributed by atoms with E-state index in [9.17, 15) is 19.7 Å². The van der Waals surface area contributed by atoms with Gasteiger partial charge in [-0.1, -0.05) is 12.1 Å². The maximum Gasteiger partial charge on any atom is 0.272 e. The van der Waals surface area contributed by atoms with Crippen LogP contribution < -0.4 is 10.6 Å². The van der Waals surface area contributed by atoms with Crippen molar-refractivity contribution < 1.29 is 14.5 Å². The van der Waals surface area contributed by atoms with Crippen molar-refractivity contribution in [2.24, 2.45) is 0 Å². The Morgan fingerprint density at radius 3 is 2.46 bits per heavy atom. The summed E-state index contributed by atoms with van der Waals surface area (Å²) in [5, 5.41) is 16.3. The van der Waals surface area contributed by atoms with Crippen molar-refractivity contribution in [1.82, 2.24) is 4.98 Å². The molecule has 2 aromatic carbocycles. The van der Waals surface area contributed by atoms with Crippen LogP contribution in [0.4, 0.5) is 17.1 Å². The third-order valence-electron chi connectivity index (χ3n) is 3.99. The number of anilines is 2. The predicted molar refractivity (Wildman–Crippen MR) is 104 cm³/mol. The van der Waals surface area contributed by atoms with Crippen molar-refractivity contribution in [3.8, 4) is 0 Å². The first kappa shape index (κ1) is 18.7. The Labute approximate surface area is 160 Å². The number of carbonyl (C=O) groups excluding carboxylic acids is 2. The van der Waals surface area contributed by atoms with Crippen molar-refractivity contribution in [2.75, 3.05) is 10.6 Å². The van der Waals surface area contributed by atoms with Gasteiger partial charge in [0.05, 0.1) is 28.1 Å². The third-order valence-corrected chi connectivity index (χ3v) is 3.99. The lowest BCUT2D eigenvalue weighted by Gasteiger charge is -2.11. The fourth-order valence-electron chi connectivity index (χ4n) is 2.62. The highest BCUT2D eigenvalue weighted by atomic mass is 16.6. The van der Waals surface area contributed by atoms with Gasteiger partial charge in [-0.3, -0.25) is 24.7 Å². The topological polar surface area (TPSA) is 114 Å². The van der Waals surface area contributed by atoms with Crippen LogP contribution in [0.25, 0.3) is 0 Å². The first-order valence-electron chi connectivity index (χ1n) is 8.32. The highest BCUT2D eigenvalue weighted by molar-refractivity contribution is 6.12. The number of nitro groups is 1. The molecular formula is C20H16N4O4. The molecule has 1 heterocycles. The number of rotatable bonds is 5. The van der Waals surface area contributed by atoms with Crippen LogP contribution in [-0.4, -0.2) is 21.7 Å².